The molecule has 0 amide bonds. The molecule has 0 radical (unpaired) electrons. The third-order valence-corrected chi connectivity index (χ3v) is 2.26. The van der Waals surface area contributed by atoms with Crippen LogP contribution in [0.2, 0.25) is 0 Å². The van der Waals surface area contributed by atoms with Gasteiger partial charge in [-0.2, -0.15) is 0 Å². The first-order valence-electron chi connectivity index (χ1n) is 5.92. The molecule has 0 aromatic heterocycles. The second-order valence-corrected chi connectivity index (χ2v) is 3.65. The van der Waals surface area contributed by atoms with Crippen molar-refractivity contribution in [3.8, 4) is 0 Å². The highest BCUT2D eigenvalue weighted by Crippen LogP contribution is 2.12. The number of guanidine groups is 1. The van der Waals surface area contributed by atoms with Gasteiger partial charge in [-0.05, 0) is 19.4 Å². The van der Waals surface area contributed by atoms with Crippen LogP contribution in [0, 0.1) is 10.1 Å². The zero-order chi connectivity index (χ0) is 13.4. The van der Waals surface area contributed by atoms with Crippen LogP contribution in [0.15, 0.2) is 29.3 Å². The smallest absolute Gasteiger partial charge is 0.269 e. The summed E-state index contributed by atoms with van der Waals surface area (Å²) in [7, 11) is 0. The highest BCUT2D eigenvalue weighted by atomic mass is 127. The Bertz CT molecular complexity index is 412. The molecule has 19 heavy (non-hydrogen) atoms. The monoisotopic (exact) mass is 378 g/mol. The number of aliphatic imine (C=N–C) groups is 1. The van der Waals surface area contributed by atoms with Crippen molar-refractivity contribution in [1.82, 2.24) is 10.6 Å². The Hall–Kier alpha value is -1.38. The molecule has 7 heteroatoms. The summed E-state index contributed by atoms with van der Waals surface area (Å²) in [6.45, 7) is 6.09. The quantitative estimate of drug-likeness (QED) is 0.271. The molecule has 1 rings (SSSR count). The predicted molar refractivity (Wildman–Crippen MR) is 87.0 cm³/mol. The minimum atomic E-state index is -0.407. The van der Waals surface area contributed by atoms with Crippen LogP contribution < -0.4 is 10.6 Å². The SMILES string of the molecule is CCNC(=NCc1ccc([N+](=O)[O-])cc1)NCC.I. The van der Waals surface area contributed by atoms with Gasteiger partial charge in [-0.15, -0.1) is 24.0 Å². The molecule has 106 valence electrons. The van der Waals surface area contributed by atoms with E-state index in [1.807, 2.05) is 13.8 Å². The maximum absolute atomic E-state index is 10.5. The van der Waals surface area contributed by atoms with E-state index in [4.69, 9.17) is 0 Å². The van der Waals surface area contributed by atoms with E-state index >= 15 is 0 Å². The Kier molecular flexibility index (Phi) is 8.84. The lowest BCUT2D eigenvalue weighted by molar-refractivity contribution is -0.384. The van der Waals surface area contributed by atoms with E-state index in [1.54, 1.807) is 12.1 Å². The number of halogens is 1. The van der Waals surface area contributed by atoms with Gasteiger partial charge in [0.05, 0.1) is 11.5 Å². The Labute approximate surface area is 129 Å². The number of non-ortho nitro benzene ring substituents is 1. The summed E-state index contributed by atoms with van der Waals surface area (Å²) in [4.78, 5) is 14.5. The van der Waals surface area contributed by atoms with Gasteiger partial charge in [0.25, 0.3) is 5.69 Å². The molecule has 0 heterocycles. The predicted octanol–water partition coefficient (Wildman–Crippen LogP) is 2.29. The number of benzene rings is 1. The summed E-state index contributed by atoms with van der Waals surface area (Å²) in [6, 6.07) is 6.42. The van der Waals surface area contributed by atoms with Gasteiger partial charge in [-0.25, -0.2) is 4.99 Å². The first-order valence-corrected chi connectivity index (χ1v) is 5.92. The Morgan fingerprint density at radius 2 is 1.74 bits per heavy atom. The number of nitrogens with zero attached hydrogens (tertiary/aromatic N) is 2. The van der Waals surface area contributed by atoms with E-state index in [1.165, 1.54) is 12.1 Å². The normalized spacial score (nSPS) is 9.16. The molecule has 0 spiro atoms. The van der Waals surface area contributed by atoms with Crippen molar-refractivity contribution in [2.45, 2.75) is 20.4 Å². The second-order valence-electron chi connectivity index (χ2n) is 3.65. The highest BCUT2D eigenvalue weighted by molar-refractivity contribution is 14.0. The first kappa shape index (κ1) is 17.6. The van der Waals surface area contributed by atoms with E-state index in [0.717, 1.165) is 24.6 Å². The van der Waals surface area contributed by atoms with Crippen LogP contribution in [0.25, 0.3) is 0 Å². The molecule has 1 aromatic rings. The molecular formula is C12H19IN4O2. The van der Waals surface area contributed by atoms with Gasteiger partial charge >= 0.3 is 0 Å². The lowest BCUT2D eigenvalue weighted by Crippen LogP contribution is -2.36. The molecule has 0 bridgehead atoms. The molecule has 0 atom stereocenters. The largest absolute Gasteiger partial charge is 0.357 e. The third kappa shape index (κ3) is 6.37. The van der Waals surface area contributed by atoms with Crippen molar-refractivity contribution in [1.29, 1.82) is 0 Å². The number of hydrogen-bond acceptors (Lipinski definition) is 3. The van der Waals surface area contributed by atoms with Crippen molar-refractivity contribution in [2.75, 3.05) is 13.1 Å². The second kappa shape index (κ2) is 9.54. The fourth-order valence-corrected chi connectivity index (χ4v) is 1.40. The average molecular weight is 378 g/mol. The molecule has 0 aliphatic rings. The molecule has 1 aromatic carbocycles. The summed E-state index contributed by atoms with van der Waals surface area (Å²) in [5.74, 6) is 0.748. The van der Waals surface area contributed by atoms with Crippen molar-refractivity contribution >= 4 is 35.6 Å². The Morgan fingerprint density at radius 1 is 1.21 bits per heavy atom. The van der Waals surface area contributed by atoms with E-state index in [-0.39, 0.29) is 29.7 Å². The van der Waals surface area contributed by atoms with Crippen molar-refractivity contribution in [2.24, 2.45) is 4.99 Å². The van der Waals surface area contributed by atoms with Crippen LogP contribution in [-0.2, 0) is 6.54 Å². The Morgan fingerprint density at radius 3 is 2.16 bits per heavy atom. The minimum Gasteiger partial charge on any atom is -0.357 e. The van der Waals surface area contributed by atoms with Crippen molar-refractivity contribution in [3.63, 3.8) is 0 Å². The third-order valence-electron chi connectivity index (χ3n) is 2.26. The number of nitro benzene ring substituents is 1. The van der Waals surface area contributed by atoms with Crippen LogP contribution in [0.1, 0.15) is 19.4 Å². The van der Waals surface area contributed by atoms with Gasteiger partial charge in [0.15, 0.2) is 5.96 Å². The molecule has 0 fully saturated rings. The van der Waals surface area contributed by atoms with Gasteiger partial charge in [-0.3, -0.25) is 10.1 Å². The molecule has 2 N–H and O–H groups in total. The van der Waals surface area contributed by atoms with Gasteiger partial charge in [0, 0.05) is 25.2 Å². The van der Waals surface area contributed by atoms with Gasteiger partial charge in [-0.1, -0.05) is 12.1 Å². The maximum Gasteiger partial charge on any atom is 0.269 e. The molecular weight excluding hydrogens is 359 g/mol. The zero-order valence-electron chi connectivity index (χ0n) is 11.0. The summed E-state index contributed by atoms with van der Waals surface area (Å²) in [6.07, 6.45) is 0. The number of hydrogen-bond donors (Lipinski definition) is 2. The average Bonchev–Trinajstić information content (AvgIpc) is 2.37. The lowest BCUT2D eigenvalue weighted by Gasteiger charge is -2.08. The molecule has 0 aliphatic carbocycles. The molecule has 0 aliphatic heterocycles. The lowest BCUT2D eigenvalue weighted by atomic mass is 10.2. The van der Waals surface area contributed by atoms with E-state index < -0.39 is 4.92 Å². The molecule has 0 unspecified atom stereocenters. The summed E-state index contributed by atoms with van der Waals surface area (Å²) < 4.78 is 0. The van der Waals surface area contributed by atoms with Crippen LogP contribution in [0.5, 0.6) is 0 Å². The maximum atomic E-state index is 10.5. The highest BCUT2D eigenvalue weighted by Gasteiger charge is 2.03. The summed E-state index contributed by atoms with van der Waals surface area (Å²) in [5, 5.41) is 16.7. The minimum absolute atomic E-state index is 0. The first-order chi connectivity index (χ1) is 8.67. The van der Waals surface area contributed by atoms with Crippen LogP contribution >= 0.6 is 24.0 Å². The number of rotatable bonds is 5. The van der Waals surface area contributed by atoms with Gasteiger partial charge in [0.1, 0.15) is 0 Å². The summed E-state index contributed by atoms with van der Waals surface area (Å²) >= 11 is 0. The van der Waals surface area contributed by atoms with E-state index in [2.05, 4.69) is 15.6 Å². The van der Waals surface area contributed by atoms with Crippen molar-refractivity contribution in [3.05, 3.63) is 39.9 Å². The molecule has 0 saturated carbocycles. The fourth-order valence-electron chi connectivity index (χ4n) is 1.40. The standard InChI is InChI=1S/C12H18N4O2.HI/c1-3-13-12(14-4-2)15-9-10-5-7-11(8-6-10)16(17)18;/h5-8H,3-4,9H2,1-2H3,(H2,13,14,15);1H. The number of nitro groups is 1. The molecule has 6 nitrogen and oxygen atoms in total. The van der Waals surface area contributed by atoms with Crippen LogP contribution in [-0.4, -0.2) is 24.0 Å². The molecule has 0 saturated heterocycles. The van der Waals surface area contributed by atoms with Crippen LogP contribution in [0.3, 0.4) is 0 Å². The Balaban J connectivity index is 0.00000324. The van der Waals surface area contributed by atoms with E-state index in [9.17, 15) is 10.1 Å². The number of nitrogens with one attached hydrogen (secondary N) is 2. The van der Waals surface area contributed by atoms with Crippen LogP contribution in [0.4, 0.5) is 5.69 Å². The van der Waals surface area contributed by atoms with Gasteiger partial charge < -0.3 is 10.6 Å². The fraction of sp³-hybridized carbons (Fsp3) is 0.417. The van der Waals surface area contributed by atoms with Crippen molar-refractivity contribution < 1.29 is 4.92 Å². The van der Waals surface area contributed by atoms with E-state index in [0.29, 0.717) is 6.54 Å². The summed E-state index contributed by atoms with van der Waals surface area (Å²) in [5.41, 5.74) is 1.04. The topological polar surface area (TPSA) is 79.6 Å². The van der Waals surface area contributed by atoms with Gasteiger partial charge in [0.2, 0.25) is 0 Å². The zero-order valence-corrected chi connectivity index (χ0v) is 13.4.